The van der Waals surface area contributed by atoms with E-state index in [9.17, 15) is 8.42 Å². The first-order chi connectivity index (χ1) is 12.9. The third kappa shape index (κ3) is 5.25. The summed E-state index contributed by atoms with van der Waals surface area (Å²) in [6.45, 7) is 2.50. The molecule has 0 saturated carbocycles. The van der Waals surface area contributed by atoms with Crippen LogP contribution in [-0.2, 0) is 15.8 Å². The van der Waals surface area contributed by atoms with E-state index in [0.29, 0.717) is 18.0 Å². The number of nitrogens with two attached hydrogens (primary N) is 1. The zero-order chi connectivity index (χ0) is 19.3. The Kier molecular flexibility index (Phi) is 5.68. The van der Waals surface area contributed by atoms with Crippen LogP contribution in [0.2, 0.25) is 0 Å². The molecular weight excluding hydrogens is 364 g/mol. The van der Waals surface area contributed by atoms with Crippen LogP contribution < -0.4 is 15.2 Å². The lowest BCUT2D eigenvalue weighted by Crippen LogP contribution is -2.14. The van der Waals surface area contributed by atoms with Gasteiger partial charge in [-0.05, 0) is 36.8 Å². The van der Waals surface area contributed by atoms with Crippen LogP contribution in [0.5, 0.6) is 5.75 Å². The number of ether oxygens (including phenoxy) is 1. The van der Waals surface area contributed by atoms with Gasteiger partial charge in [-0.1, -0.05) is 24.3 Å². The Labute approximate surface area is 158 Å². The number of aromatic nitrogens is 2. The summed E-state index contributed by atoms with van der Waals surface area (Å²) in [6, 6.07) is 16.5. The molecule has 0 aliphatic heterocycles. The molecule has 0 saturated heterocycles. The second kappa shape index (κ2) is 8.15. The summed E-state index contributed by atoms with van der Waals surface area (Å²) in [6.07, 6.45) is 1.48. The summed E-state index contributed by atoms with van der Waals surface area (Å²) in [5.74, 6) is 1.18. The number of anilines is 2. The van der Waals surface area contributed by atoms with Crippen LogP contribution in [0, 0.1) is 0 Å². The summed E-state index contributed by atoms with van der Waals surface area (Å²) in [5, 5.41) is 8.25. The maximum atomic E-state index is 11.2. The van der Waals surface area contributed by atoms with Gasteiger partial charge in [-0.15, -0.1) is 0 Å². The highest BCUT2D eigenvalue weighted by Gasteiger charge is 2.09. The highest BCUT2D eigenvalue weighted by molar-refractivity contribution is 7.88. The Hall–Kier alpha value is -2.97. The van der Waals surface area contributed by atoms with Crippen molar-refractivity contribution in [1.82, 2.24) is 9.97 Å². The van der Waals surface area contributed by atoms with Crippen LogP contribution in [0.15, 0.2) is 60.9 Å². The lowest BCUT2D eigenvalue weighted by atomic mass is 10.1. The normalized spacial score (nSPS) is 11.2. The molecule has 0 unspecified atom stereocenters. The Balaban J connectivity index is 1.80. The molecule has 0 amide bonds. The van der Waals surface area contributed by atoms with Crippen LogP contribution in [0.25, 0.3) is 11.3 Å². The average Bonchev–Trinajstić information content (AvgIpc) is 2.63. The van der Waals surface area contributed by atoms with Crippen molar-refractivity contribution in [3.05, 3.63) is 66.5 Å². The van der Waals surface area contributed by atoms with Gasteiger partial charge in [-0.2, -0.15) is 0 Å². The van der Waals surface area contributed by atoms with Crippen LogP contribution in [-0.4, -0.2) is 25.0 Å². The van der Waals surface area contributed by atoms with Gasteiger partial charge in [0.05, 0.1) is 18.1 Å². The van der Waals surface area contributed by atoms with Gasteiger partial charge in [0.25, 0.3) is 0 Å². The van der Waals surface area contributed by atoms with Crippen molar-refractivity contribution in [3.8, 4) is 17.0 Å². The van der Waals surface area contributed by atoms with E-state index in [0.717, 1.165) is 22.7 Å². The van der Waals surface area contributed by atoms with E-state index in [-0.39, 0.29) is 5.75 Å². The van der Waals surface area contributed by atoms with E-state index in [2.05, 4.69) is 15.3 Å². The number of sulfonamides is 1. The largest absolute Gasteiger partial charge is 0.493 e. The van der Waals surface area contributed by atoms with Crippen molar-refractivity contribution in [2.45, 2.75) is 12.7 Å². The number of primary sulfonamides is 1. The Bertz CT molecular complexity index is 1020. The topological polar surface area (TPSA) is 107 Å². The molecule has 1 aromatic heterocycles. The summed E-state index contributed by atoms with van der Waals surface area (Å²) < 4.78 is 28.0. The smallest absolute Gasteiger partial charge is 0.213 e. The second-order valence-corrected chi connectivity index (χ2v) is 7.46. The van der Waals surface area contributed by atoms with Crippen LogP contribution in [0.1, 0.15) is 12.5 Å². The fourth-order valence-corrected chi connectivity index (χ4v) is 3.25. The monoisotopic (exact) mass is 384 g/mol. The van der Waals surface area contributed by atoms with Gasteiger partial charge in [0.15, 0.2) is 0 Å². The number of hydrogen-bond donors (Lipinski definition) is 2. The molecule has 27 heavy (non-hydrogen) atoms. The average molecular weight is 384 g/mol. The maximum Gasteiger partial charge on any atom is 0.213 e. The summed E-state index contributed by atoms with van der Waals surface area (Å²) >= 11 is 0. The summed E-state index contributed by atoms with van der Waals surface area (Å²) in [4.78, 5) is 8.58. The lowest BCUT2D eigenvalue weighted by Gasteiger charge is -2.11. The first-order valence-electron chi connectivity index (χ1n) is 8.35. The minimum Gasteiger partial charge on any atom is -0.493 e. The van der Waals surface area contributed by atoms with Crippen molar-refractivity contribution in [2.24, 2.45) is 5.14 Å². The fourth-order valence-electron chi connectivity index (χ4n) is 2.60. The van der Waals surface area contributed by atoms with E-state index in [1.54, 1.807) is 24.3 Å². The third-order valence-corrected chi connectivity index (χ3v) is 4.46. The predicted octanol–water partition coefficient (Wildman–Crippen LogP) is 3.07. The molecule has 0 atom stereocenters. The summed E-state index contributed by atoms with van der Waals surface area (Å²) in [7, 11) is -3.55. The highest BCUT2D eigenvalue weighted by atomic mass is 32.2. The molecule has 0 aliphatic carbocycles. The van der Waals surface area contributed by atoms with E-state index in [4.69, 9.17) is 9.88 Å². The number of hydrogen-bond acceptors (Lipinski definition) is 6. The second-order valence-electron chi connectivity index (χ2n) is 5.85. The zero-order valence-corrected chi connectivity index (χ0v) is 15.6. The molecule has 1 heterocycles. The standard InChI is InChI=1S/C19H20N4O3S/c1-2-26-18-6-4-3-5-16(18)17-11-19(22-13-21-17)23-15-9-7-14(8-10-15)12-27(20,24)25/h3-11,13H,2,12H2,1H3,(H2,20,24,25)(H,21,22,23). The first kappa shape index (κ1) is 18.8. The molecule has 2 aromatic carbocycles. The Morgan fingerprint density at radius 2 is 1.81 bits per heavy atom. The molecule has 0 bridgehead atoms. The first-order valence-corrected chi connectivity index (χ1v) is 10.1. The van der Waals surface area contributed by atoms with Crippen molar-refractivity contribution in [2.75, 3.05) is 11.9 Å². The molecule has 0 spiro atoms. The highest BCUT2D eigenvalue weighted by Crippen LogP contribution is 2.29. The van der Waals surface area contributed by atoms with Gasteiger partial charge < -0.3 is 10.1 Å². The summed E-state index contributed by atoms with van der Waals surface area (Å²) in [5.41, 5.74) is 3.02. The molecule has 7 nitrogen and oxygen atoms in total. The van der Waals surface area contributed by atoms with E-state index in [1.807, 2.05) is 37.3 Å². The van der Waals surface area contributed by atoms with Crippen molar-refractivity contribution >= 4 is 21.5 Å². The number of benzene rings is 2. The molecule has 0 aliphatic rings. The van der Waals surface area contributed by atoms with E-state index >= 15 is 0 Å². The molecule has 140 valence electrons. The molecular formula is C19H20N4O3S. The van der Waals surface area contributed by atoms with Crippen LogP contribution in [0.4, 0.5) is 11.5 Å². The zero-order valence-electron chi connectivity index (χ0n) is 14.8. The lowest BCUT2D eigenvalue weighted by molar-refractivity contribution is 0.341. The number of nitrogens with zero attached hydrogens (tertiary/aromatic N) is 2. The molecule has 0 fully saturated rings. The van der Waals surface area contributed by atoms with Gasteiger partial charge in [-0.25, -0.2) is 23.5 Å². The van der Waals surface area contributed by atoms with Crippen molar-refractivity contribution < 1.29 is 13.2 Å². The molecule has 8 heteroatoms. The number of rotatable bonds is 7. The maximum absolute atomic E-state index is 11.2. The fraction of sp³-hybridized carbons (Fsp3) is 0.158. The quantitative estimate of drug-likeness (QED) is 0.648. The molecule has 3 N–H and O–H groups in total. The minimum atomic E-state index is -3.55. The molecule has 3 rings (SSSR count). The minimum absolute atomic E-state index is 0.195. The van der Waals surface area contributed by atoms with Gasteiger partial charge in [0.2, 0.25) is 10.0 Å². The van der Waals surface area contributed by atoms with E-state index in [1.165, 1.54) is 6.33 Å². The van der Waals surface area contributed by atoms with Crippen LogP contribution in [0.3, 0.4) is 0 Å². The SMILES string of the molecule is CCOc1ccccc1-c1cc(Nc2ccc(CS(N)(=O)=O)cc2)ncn1. The molecule has 0 radical (unpaired) electrons. The number of nitrogens with one attached hydrogen (secondary N) is 1. The van der Waals surface area contributed by atoms with Crippen molar-refractivity contribution in [1.29, 1.82) is 0 Å². The van der Waals surface area contributed by atoms with Gasteiger partial charge in [-0.3, -0.25) is 0 Å². The van der Waals surface area contributed by atoms with Gasteiger partial charge >= 0.3 is 0 Å². The molecule has 3 aromatic rings. The van der Waals surface area contributed by atoms with Crippen molar-refractivity contribution in [3.63, 3.8) is 0 Å². The van der Waals surface area contributed by atoms with E-state index < -0.39 is 10.0 Å². The predicted molar refractivity (Wildman–Crippen MR) is 105 cm³/mol. The van der Waals surface area contributed by atoms with Gasteiger partial charge in [0.1, 0.15) is 17.9 Å². The van der Waals surface area contributed by atoms with Gasteiger partial charge in [0, 0.05) is 17.3 Å². The Morgan fingerprint density at radius 1 is 1.07 bits per heavy atom. The third-order valence-electron chi connectivity index (χ3n) is 3.72. The number of para-hydroxylation sites is 1. The Morgan fingerprint density at radius 3 is 2.52 bits per heavy atom. The van der Waals surface area contributed by atoms with Crippen LogP contribution >= 0.6 is 0 Å².